The molecule has 2 aromatic rings. The molecule has 3 rings (SSSR count). The minimum Gasteiger partial charge on any atom is -0.493 e. The SMILES string of the molecule is COc1ccc(C(=S)N2CCOCC2)cc1OC(=O)c1ccc(Cl)cc1. The van der Waals surface area contributed by atoms with Gasteiger partial charge in [-0.05, 0) is 42.5 Å². The molecule has 26 heavy (non-hydrogen) atoms. The maximum atomic E-state index is 12.4. The lowest BCUT2D eigenvalue weighted by Gasteiger charge is -2.29. The molecule has 7 heteroatoms. The van der Waals surface area contributed by atoms with Gasteiger partial charge in [-0.2, -0.15) is 0 Å². The van der Waals surface area contributed by atoms with Crippen molar-refractivity contribution in [1.29, 1.82) is 0 Å². The minimum atomic E-state index is -0.491. The largest absolute Gasteiger partial charge is 0.493 e. The van der Waals surface area contributed by atoms with Crippen molar-refractivity contribution in [2.45, 2.75) is 0 Å². The first kappa shape index (κ1) is 18.6. The molecule has 0 radical (unpaired) electrons. The fraction of sp³-hybridized carbons (Fsp3) is 0.263. The summed E-state index contributed by atoms with van der Waals surface area (Å²) in [6.45, 7) is 2.78. The monoisotopic (exact) mass is 391 g/mol. The van der Waals surface area contributed by atoms with E-state index >= 15 is 0 Å². The zero-order valence-corrected chi connectivity index (χ0v) is 15.8. The first-order valence-corrected chi connectivity index (χ1v) is 8.90. The summed E-state index contributed by atoms with van der Waals surface area (Å²) in [5.41, 5.74) is 1.19. The van der Waals surface area contributed by atoms with Crippen molar-refractivity contribution >= 4 is 34.8 Å². The van der Waals surface area contributed by atoms with Gasteiger partial charge in [-0.1, -0.05) is 23.8 Å². The predicted octanol–water partition coefficient (Wildman–Crippen LogP) is 3.58. The standard InChI is InChI=1S/C19H18ClNO4S/c1-23-16-7-4-14(18(26)21-8-10-24-11-9-21)12-17(16)25-19(22)13-2-5-15(20)6-3-13/h2-7,12H,8-11H2,1H3. The molecule has 1 fully saturated rings. The molecule has 0 saturated carbocycles. The molecule has 1 saturated heterocycles. The van der Waals surface area contributed by atoms with Gasteiger partial charge in [0.15, 0.2) is 11.5 Å². The van der Waals surface area contributed by atoms with Crippen LogP contribution in [0.3, 0.4) is 0 Å². The van der Waals surface area contributed by atoms with E-state index in [0.29, 0.717) is 40.3 Å². The third-order valence-corrected chi connectivity index (χ3v) is 4.74. The Labute approximate surface area is 162 Å². The van der Waals surface area contributed by atoms with Crippen molar-refractivity contribution in [3.63, 3.8) is 0 Å². The molecule has 0 spiro atoms. The number of hydrogen-bond donors (Lipinski definition) is 0. The molecule has 136 valence electrons. The Hall–Kier alpha value is -2.15. The Morgan fingerprint density at radius 1 is 1.08 bits per heavy atom. The lowest BCUT2D eigenvalue weighted by Crippen LogP contribution is -2.40. The first-order valence-electron chi connectivity index (χ1n) is 8.11. The number of morpholine rings is 1. The summed E-state index contributed by atoms with van der Waals surface area (Å²) < 4.78 is 16.2. The Kier molecular flexibility index (Phi) is 6.08. The van der Waals surface area contributed by atoms with Crippen LogP contribution in [0.15, 0.2) is 42.5 Å². The Morgan fingerprint density at radius 3 is 2.38 bits per heavy atom. The van der Waals surface area contributed by atoms with Gasteiger partial charge in [0.25, 0.3) is 0 Å². The van der Waals surface area contributed by atoms with E-state index < -0.39 is 5.97 Å². The summed E-state index contributed by atoms with van der Waals surface area (Å²) in [5.74, 6) is 0.288. The van der Waals surface area contributed by atoms with Gasteiger partial charge in [-0.15, -0.1) is 0 Å². The number of esters is 1. The zero-order chi connectivity index (χ0) is 18.5. The highest BCUT2D eigenvalue weighted by atomic mass is 35.5. The van der Waals surface area contributed by atoms with Crippen molar-refractivity contribution in [2.75, 3.05) is 33.4 Å². The summed E-state index contributed by atoms with van der Waals surface area (Å²) in [6, 6.07) is 11.8. The highest BCUT2D eigenvalue weighted by Crippen LogP contribution is 2.30. The van der Waals surface area contributed by atoms with E-state index in [0.717, 1.165) is 18.7 Å². The predicted molar refractivity (Wildman–Crippen MR) is 103 cm³/mol. The van der Waals surface area contributed by atoms with Crippen LogP contribution in [-0.4, -0.2) is 49.3 Å². The summed E-state index contributed by atoms with van der Waals surface area (Å²) in [5, 5.41) is 0.553. The molecular weight excluding hydrogens is 374 g/mol. The number of methoxy groups -OCH3 is 1. The number of rotatable bonds is 4. The van der Waals surface area contributed by atoms with Crippen molar-refractivity contribution in [2.24, 2.45) is 0 Å². The van der Waals surface area contributed by atoms with Crippen molar-refractivity contribution < 1.29 is 19.0 Å². The molecule has 0 atom stereocenters. The molecule has 2 aromatic carbocycles. The van der Waals surface area contributed by atoms with E-state index in [1.54, 1.807) is 36.4 Å². The van der Waals surface area contributed by atoms with Crippen LogP contribution >= 0.6 is 23.8 Å². The molecule has 1 aliphatic heterocycles. The highest BCUT2D eigenvalue weighted by Gasteiger charge is 2.18. The number of hydrogen-bond acceptors (Lipinski definition) is 5. The normalized spacial score (nSPS) is 14.0. The Morgan fingerprint density at radius 2 is 1.73 bits per heavy atom. The average molecular weight is 392 g/mol. The molecule has 0 unspecified atom stereocenters. The fourth-order valence-corrected chi connectivity index (χ4v) is 3.02. The summed E-state index contributed by atoms with van der Waals surface area (Å²) in [6.07, 6.45) is 0. The van der Waals surface area contributed by atoms with Gasteiger partial charge in [-0.3, -0.25) is 0 Å². The molecule has 1 heterocycles. The first-order chi connectivity index (χ1) is 12.6. The van der Waals surface area contributed by atoms with Crippen LogP contribution in [0.1, 0.15) is 15.9 Å². The maximum Gasteiger partial charge on any atom is 0.343 e. The number of nitrogens with zero attached hydrogens (tertiary/aromatic N) is 1. The van der Waals surface area contributed by atoms with Gasteiger partial charge in [-0.25, -0.2) is 4.79 Å². The third-order valence-electron chi connectivity index (χ3n) is 3.99. The smallest absolute Gasteiger partial charge is 0.343 e. The molecule has 0 bridgehead atoms. The maximum absolute atomic E-state index is 12.4. The van der Waals surface area contributed by atoms with Crippen LogP contribution in [0.5, 0.6) is 11.5 Å². The summed E-state index contributed by atoms with van der Waals surface area (Å²) in [7, 11) is 1.52. The molecule has 1 aliphatic rings. The molecule has 0 aliphatic carbocycles. The van der Waals surface area contributed by atoms with Crippen molar-refractivity contribution in [1.82, 2.24) is 4.90 Å². The summed E-state index contributed by atoms with van der Waals surface area (Å²) >= 11 is 11.4. The zero-order valence-electron chi connectivity index (χ0n) is 14.2. The van der Waals surface area contributed by atoms with E-state index in [4.69, 9.17) is 38.0 Å². The van der Waals surface area contributed by atoms with E-state index in [1.807, 2.05) is 6.07 Å². The van der Waals surface area contributed by atoms with E-state index in [9.17, 15) is 4.79 Å². The van der Waals surface area contributed by atoms with Crippen LogP contribution in [0.2, 0.25) is 5.02 Å². The third kappa shape index (κ3) is 4.33. The fourth-order valence-electron chi connectivity index (χ4n) is 2.58. The second-order valence-electron chi connectivity index (χ2n) is 5.67. The van der Waals surface area contributed by atoms with Crippen LogP contribution in [0, 0.1) is 0 Å². The van der Waals surface area contributed by atoms with Gasteiger partial charge < -0.3 is 19.1 Å². The van der Waals surface area contributed by atoms with Crippen LogP contribution in [-0.2, 0) is 4.74 Å². The number of halogens is 1. The van der Waals surface area contributed by atoms with Crippen molar-refractivity contribution in [3.8, 4) is 11.5 Å². The van der Waals surface area contributed by atoms with Gasteiger partial charge >= 0.3 is 5.97 Å². The second kappa shape index (κ2) is 8.49. The van der Waals surface area contributed by atoms with Crippen LogP contribution in [0.25, 0.3) is 0 Å². The topological polar surface area (TPSA) is 48.0 Å². The van der Waals surface area contributed by atoms with E-state index in [2.05, 4.69) is 4.90 Å². The molecular formula is C19H18ClNO4S. The van der Waals surface area contributed by atoms with Gasteiger partial charge in [0.2, 0.25) is 0 Å². The number of ether oxygens (including phenoxy) is 3. The molecule has 0 aromatic heterocycles. The molecule has 0 amide bonds. The number of carbonyl (C=O) groups excluding carboxylic acids is 1. The van der Waals surface area contributed by atoms with Crippen molar-refractivity contribution in [3.05, 3.63) is 58.6 Å². The Balaban J connectivity index is 1.82. The molecule has 5 nitrogen and oxygen atoms in total. The minimum absolute atomic E-state index is 0.320. The van der Waals surface area contributed by atoms with Gasteiger partial charge in [0, 0.05) is 23.7 Å². The van der Waals surface area contributed by atoms with Gasteiger partial charge in [0.1, 0.15) is 4.99 Å². The summed E-state index contributed by atoms with van der Waals surface area (Å²) in [4.78, 5) is 15.2. The van der Waals surface area contributed by atoms with Gasteiger partial charge in [0.05, 0.1) is 25.9 Å². The van der Waals surface area contributed by atoms with Crippen LogP contribution in [0.4, 0.5) is 0 Å². The Bertz CT molecular complexity index is 804. The lowest BCUT2D eigenvalue weighted by molar-refractivity contribution is 0.0692. The quantitative estimate of drug-likeness (QED) is 0.451. The highest BCUT2D eigenvalue weighted by molar-refractivity contribution is 7.80. The number of benzene rings is 2. The number of thiocarbonyl (C=S) groups is 1. The lowest BCUT2D eigenvalue weighted by atomic mass is 10.1. The average Bonchev–Trinajstić information content (AvgIpc) is 2.68. The number of carbonyl (C=O) groups is 1. The van der Waals surface area contributed by atoms with E-state index in [1.165, 1.54) is 7.11 Å². The van der Waals surface area contributed by atoms with E-state index in [-0.39, 0.29) is 0 Å². The second-order valence-corrected chi connectivity index (χ2v) is 6.49. The van der Waals surface area contributed by atoms with Crippen LogP contribution < -0.4 is 9.47 Å². The molecule has 0 N–H and O–H groups in total.